The Balaban J connectivity index is 1.79. The molecule has 1 aromatic carbocycles. The van der Waals surface area contributed by atoms with E-state index >= 15 is 0 Å². The lowest BCUT2D eigenvalue weighted by Crippen LogP contribution is -2.52. The summed E-state index contributed by atoms with van der Waals surface area (Å²) in [5, 5.41) is 13.1. The van der Waals surface area contributed by atoms with Crippen LogP contribution in [0.5, 0.6) is 0 Å². The Morgan fingerprint density at radius 2 is 2.00 bits per heavy atom. The van der Waals surface area contributed by atoms with E-state index < -0.39 is 6.04 Å². The highest BCUT2D eigenvalue weighted by molar-refractivity contribution is 5.90. The van der Waals surface area contributed by atoms with Crippen molar-refractivity contribution in [3.05, 3.63) is 36.0 Å². The Labute approximate surface area is 159 Å². The number of hydrogen-bond acceptors (Lipinski definition) is 3. The molecule has 0 saturated carbocycles. The second-order valence-electron chi connectivity index (χ2n) is 7.51. The molecule has 0 spiro atoms. The Hall–Kier alpha value is -2.81. The van der Waals surface area contributed by atoms with Gasteiger partial charge in [0.1, 0.15) is 6.04 Å². The van der Waals surface area contributed by atoms with Gasteiger partial charge in [-0.3, -0.25) is 9.59 Å². The fourth-order valence-electron chi connectivity index (χ4n) is 3.51. The Morgan fingerprint density at radius 3 is 2.67 bits per heavy atom. The van der Waals surface area contributed by atoms with Crippen molar-refractivity contribution in [3.8, 4) is 6.07 Å². The quantitative estimate of drug-likeness (QED) is 0.852. The molecule has 1 unspecified atom stereocenters. The predicted molar refractivity (Wildman–Crippen MR) is 104 cm³/mol. The first-order valence-electron chi connectivity index (χ1n) is 9.53. The van der Waals surface area contributed by atoms with Crippen LogP contribution in [0.25, 0.3) is 10.9 Å². The molecular weight excluding hydrogens is 340 g/mol. The molecule has 1 fully saturated rings. The molecule has 0 bridgehead atoms. The van der Waals surface area contributed by atoms with Crippen molar-refractivity contribution < 1.29 is 9.59 Å². The maximum absolute atomic E-state index is 13.1. The van der Waals surface area contributed by atoms with Gasteiger partial charge in [-0.2, -0.15) is 5.26 Å². The number of amides is 2. The maximum atomic E-state index is 13.1. The summed E-state index contributed by atoms with van der Waals surface area (Å²) in [7, 11) is 0. The van der Waals surface area contributed by atoms with E-state index in [1.807, 2.05) is 44.3 Å². The lowest BCUT2D eigenvalue weighted by Gasteiger charge is -2.32. The molecule has 2 N–H and O–H groups in total. The minimum absolute atomic E-state index is 0.0198. The third kappa shape index (κ3) is 4.30. The number of carbonyl (C=O) groups excluding carboxylic acids is 2. The smallest absolute Gasteiger partial charge is 0.245 e. The van der Waals surface area contributed by atoms with Crippen LogP contribution >= 0.6 is 0 Å². The van der Waals surface area contributed by atoms with Gasteiger partial charge >= 0.3 is 0 Å². The summed E-state index contributed by atoms with van der Waals surface area (Å²) in [6.45, 7) is 4.78. The summed E-state index contributed by atoms with van der Waals surface area (Å²) in [5.41, 5.74) is 2.03. The number of para-hydroxylation sites is 1. The van der Waals surface area contributed by atoms with E-state index in [2.05, 4.69) is 16.4 Å². The average molecular weight is 366 g/mol. The van der Waals surface area contributed by atoms with Gasteiger partial charge in [-0.1, -0.05) is 32.0 Å². The monoisotopic (exact) mass is 366 g/mol. The van der Waals surface area contributed by atoms with Crippen LogP contribution < -0.4 is 5.32 Å². The number of rotatable bonds is 5. The number of nitriles is 1. The number of carbonyl (C=O) groups is 2. The molecule has 6 heteroatoms. The van der Waals surface area contributed by atoms with Crippen molar-refractivity contribution >= 4 is 22.7 Å². The van der Waals surface area contributed by atoms with E-state index in [-0.39, 0.29) is 23.7 Å². The fourth-order valence-corrected chi connectivity index (χ4v) is 3.51. The molecule has 3 rings (SSSR count). The molecule has 1 aromatic heterocycles. The zero-order chi connectivity index (χ0) is 19.4. The van der Waals surface area contributed by atoms with Gasteiger partial charge in [0.25, 0.3) is 0 Å². The number of aromatic nitrogens is 1. The van der Waals surface area contributed by atoms with Gasteiger partial charge in [0.15, 0.2) is 0 Å². The van der Waals surface area contributed by atoms with E-state index in [4.69, 9.17) is 5.26 Å². The van der Waals surface area contributed by atoms with Crippen molar-refractivity contribution in [3.63, 3.8) is 0 Å². The molecule has 1 aliphatic rings. The first kappa shape index (κ1) is 19.0. The average Bonchev–Trinajstić information content (AvgIpc) is 3.10. The second-order valence-corrected chi connectivity index (χ2v) is 7.51. The van der Waals surface area contributed by atoms with Crippen molar-refractivity contribution in [1.82, 2.24) is 15.2 Å². The first-order valence-corrected chi connectivity index (χ1v) is 9.53. The number of H-pyrrole nitrogens is 1. The third-order valence-electron chi connectivity index (χ3n) is 5.23. The van der Waals surface area contributed by atoms with Crippen molar-refractivity contribution in [2.75, 3.05) is 13.1 Å². The van der Waals surface area contributed by atoms with Crippen LogP contribution in [0.4, 0.5) is 0 Å². The van der Waals surface area contributed by atoms with Gasteiger partial charge in [-0.25, -0.2) is 0 Å². The number of benzene rings is 1. The van der Waals surface area contributed by atoms with Crippen LogP contribution in [0.2, 0.25) is 0 Å². The summed E-state index contributed by atoms with van der Waals surface area (Å²) in [5.74, 6) is -0.357. The van der Waals surface area contributed by atoms with E-state index in [9.17, 15) is 9.59 Å². The van der Waals surface area contributed by atoms with Gasteiger partial charge in [-0.05, 0) is 24.5 Å². The largest absolute Gasteiger partial charge is 0.361 e. The van der Waals surface area contributed by atoms with Gasteiger partial charge in [0.2, 0.25) is 11.8 Å². The van der Waals surface area contributed by atoms with Gasteiger partial charge < -0.3 is 15.2 Å². The highest BCUT2D eigenvalue weighted by atomic mass is 16.2. The molecule has 27 heavy (non-hydrogen) atoms. The fraction of sp³-hybridized carbons (Fsp3) is 0.476. The summed E-state index contributed by atoms with van der Waals surface area (Å²) in [4.78, 5) is 30.4. The minimum atomic E-state index is -0.599. The molecule has 0 radical (unpaired) electrons. The number of piperidine rings is 1. The number of nitrogens with one attached hydrogen (secondary N) is 2. The van der Waals surface area contributed by atoms with Crippen molar-refractivity contribution in [2.24, 2.45) is 11.8 Å². The molecule has 6 nitrogen and oxygen atoms in total. The molecule has 1 aliphatic heterocycles. The Kier molecular flexibility index (Phi) is 5.80. The molecule has 2 aromatic rings. The normalized spacial score (nSPS) is 16.3. The van der Waals surface area contributed by atoms with Gasteiger partial charge in [0.05, 0.1) is 6.07 Å². The number of hydrogen-bond donors (Lipinski definition) is 2. The maximum Gasteiger partial charge on any atom is 0.245 e. The van der Waals surface area contributed by atoms with E-state index in [0.29, 0.717) is 32.4 Å². The Morgan fingerprint density at radius 1 is 1.30 bits per heavy atom. The van der Waals surface area contributed by atoms with Gasteiger partial charge in [-0.15, -0.1) is 0 Å². The minimum Gasteiger partial charge on any atom is -0.361 e. The predicted octanol–water partition coefficient (Wildman–Crippen LogP) is 2.61. The summed E-state index contributed by atoms with van der Waals surface area (Å²) < 4.78 is 0. The van der Waals surface area contributed by atoms with Gasteiger partial charge in [0, 0.05) is 48.4 Å². The van der Waals surface area contributed by atoms with Crippen LogP contribution in [0.1, 0.15) is 32.3 Å². The zero-order valence-corrected chi connectivity index (χ0v) is 15.9. The molecule has 0 aliphatic carbocycles. The molecular formula is C21H26N4O2. The van der Waals surface area contributed by atoms with Crippen LogP contribution in [-0.4, -0.2) is 40.8 Å². The highest BCUT2D eigenvalue weighted by Gasteiger charge is 2.30. The van der Waals surface area contributed by atoms with E-state index in [0.717, 1.165) is 16.5 Å². The third-order valence-corrected chi connectivity index (χ3v) is 5.23. The van der Waals surface area contributed by atoms with Crippen LogP contribution in [0.3, 0.4) is 0 Å². The number of aromatic amines is 1. The molecule has 1 saturated heterocycles. The van der Waals surface area contributed by atoms with E-state index in [1.54, 1.807) is 4.90 Å². The first-order chi connectivity index (χ1) is 13.0. The zero-order valence-electron chi connectivity index (χ0n) is 15.9. The highest BCUT2D eigenvalue weighted by Crippen LogP contribution is 2.21. The Bertz CT molecular complexity index is 856. The lowest BCUT2D eigenvalue weighted by atomic mass is 9.97. The van der Waals surface area contributed by atoms with Crippen LogP contribution in [0.15, 0.2) is 30.5 Å². The molecule has 1 atom stereocenters. The SMILES string of the molecule is CC(C)C(=O)NC(Cc1c[nH]c2ccccc12)C(=O)N1CCC(C#N)CC1. The number of nitrogens with zero attached hydrogens (tertiary/aromatic N) is 2. The van der Waals surface area contributed by atoms with E-state index in [1.165, 1.54) is 0 Å². The van der Waals surface area contributed by atoms with Crippen molar-refractivity contribution in [1.29, 1.82) is 5.26 Å². The molecule has 142 valence electrons. The molecule has 2 heterocycles. The topological polar surface area (TPSA) is 89.0 Å². The summed E-state index contributed by atoms with van der Waals surface area (Å²) in [6.07, 6.45) is 3.74. The standard InChI is InChI=1S/C21H26N4O2/c1-14(2)20(26)24-19(21(27)25-9-7-15(12-22)8-10-25)11-16-13-23-18-6-4-3-5-17(16)18/h3-6,13-15,19,23H,7-11H2,1-2H3,(H,24,26). The van der Waals surface area contributed by atoms with Crippen LogP contribution in [0, 0.1) is 23.2 Å². The second kappa shape index (κ2) is 8.26. The number of fused-ring (bicyclic) bond motifs is 1. The number of likely N-dealkylation sites (tertiary alicyclic amines) is 1. The van der Waals surface area contributed by atoms with Crippen LogP contribution in [-0.2, 0) is 16.0 Å². The molecule has 2 amide bonds. The summed E-state index contributed by atoms with van der Waals surface area (Å²) in [6, 6.07) is 9.63. The van der Waals surface area contributed by atoms with Crippen molar-refractivity contribution in [2.45, 2.75) is 39.2 Å². The lowest BCUT2D eigenvalue weighted by molar-refractivity contribution is -0.138. The summed E-state index contributed by atoms with van der Waals surface area (Å²) >= 11 is 0.